The first kappa shape index (κ1) is 15.0. The highest BCUT2D eigenvalue weighted by molar-refractivity contribution is 8.14. The first-order valence-corrected chi connectivity index (χ1v) is 8.26. The Morgan fingerprint density at radius 1 is 1.25 bits per heavy atom. The summed E-state index contributed by atoms with van der Waals surface area (Å²) in [7, 11) is 1.54. The number of H-pyrrole nitrogens is 1. The van der Waals surface area contributed by atoms with Gasteiger partial charge in [-0.2, -0.15) is 0 Å². The molecule has 3 aromatic rings. The lowest BCUT2D eigenvalue weighted by atomic mass is 10.2. The van der Waals surface area contributed by atoms with Crippen molar-refractivity contribution < 1.29 is 9.13 Å². The summed E-state index contributed by atoms with van der Waals surface area (Å²) >= 11 is 1.47. The van der Waals surface area contributed by atoms with Gasteiger partial charge in [0.25, 0.3) is 0 Å². The maximum Gasteiger partial charge on any atom is 0.193 e. The van der Waals surface area contributed by atoms with Gasteiger partial charge in [0.2, 0.25) is 0 Å². The fourth-order valence-electron chi connectivity index (χ4n) is 2.75. The number of hydrogen-bond acceptors (Lipinski definition) is 3. The summed E-state index contributed by atoms with van der Waals surface area (Å²) in [6.45, 7) is 1.99. The molecule has 0 saturated heterocycles. The van der Waals surface area contributed by atoms with Gasteiger partial charge in [0.05, 0.1) is 12.5 Å². The largest absolute Gasteiger partial charge is 0.494 e. The van der Waals surface area contributed by atoms with Crippen molar-refractivity contribution in [2.24, 2.45) is 9.98 Å². The molecule has 0 fully saturated rings. The molecule has 4 rings (SSSR count). The quantitative estimate of drug-likeness (QED) is 0.776. The molecule has 24 heavy (non-hydrogen) atoms. The SMILES string of the molecule is CC=c1[nH]cc2c3c(ccc12)SC(=Nc1cc(F)ccc1OC)N=3. The van der Waals surface area contributed by atoms with Gasteiger partial charge >= 0.3 is 0 Å². The van der Waals surface area contributed by atoms with Crippen molar-refractivity contribution in [3.05, 3.63) is 53.1 Å². The van der Waals surface area contributed by atoms with E-state index >= 15 is 0 Å². The van der Waals surface area contributed by atoms with Crippen molar-refractivity contribution in [2.75, 3.05) is 7.11 Å². The molecule has 0 spiro atoms. The van der Waals surface area contributed by atoms with Gasteiger partial charge in [0.1, 0.15) is 17.3 Å². The zero-order valence-corrected chi connectivity index (χ0v) is 13.9. The number of fused-ring (bicyclic) bond motifs is 3. The van der Waals surface area contributed by atoms with Crippen LogP contribution >= 0.6 is 11.8 Å². The third kappa shape index (κ3) is 2.39. The predicted molar refractivity (Wildman–Crippen MR) is 95.1 cm³/mol. The number of hydrogen-bond donors (Lipinski definition) is 1. The Bertz CT molecular complexity index is 1100. The van der Waals surface area contributed by atoms with Crippen molar-refractivity contribution in [3.63, 3.8) is 0 Å². The number of halogens is 1. The third-order valence-corrected chi connectivity index (χ3v) is 4.81. The minimum Gasteiger partial charge on any atom is -0.494 e. The molecule has 0 atom stereocenters. The summed E-state index contributed by atoms with van der Waals surface area (Å²) in [6, 6.07) is 8.38. The lowest BCUT2D eigenvalue weighted by Gasteiger charge is -2.04. The molecule has 2 heterocycles. The van der Waals surface area contributed by atoms with Gasteiger partial charge in [0.15, 0.2) is 5.17 Å². The number of methoxy groups -OCH3 is 1. The minimum absolute atomic E-state index is 0.355. The standard InChI is InChI=1S/C18H14FN3OS/c1-3-13-11-5-7-16-17(12(11)9-20-13)22-18(24-16)21-14-8-10(19)4-6-15(14)23-2/h3-9,20H,1-2H3. The van der Waals surface area contributed by atoms with Crippen LogP contribution in [0.5, 0.6) is 5.75 Å². The second-order valence-electron chi connectivity index (χ2n) is 5.29. The Kier molecular flexibility index (Phi) is 3.61. The fourth-order valence-corrected chi connectivity index (χ4v) is 3.62. The molecule has 0 radical (unpaired) electrons. The van der Waals surface area contributed by atoms with Gasteiger partial charge in [-0.05, 0) is 36.9 Å². The number of rotatable bonds is 2. The molecule has 0 unspecified atom stereocenters. The van der Waals surface area contributed by atoms with E-state index < -0.39 is 0 Å². The average molecular weight is 339 g/mol. The number of amidine groups is 1. The maximum atomic E-state index is 13.5. The number of nitrogens with one attached hydrogen (secondary N) is 1. The van der Waals surface area contributed by atoms with Gasteiger partial charge in [-0.3, -0.25) is 0 Å². The predicted octanol–water partition coefficient (Wildman–Crippen LogP) is 3.53. The summed E-state index contributed by atoms with van der Waals surface area (Å²) in [5, 5.41) is 4.74. The molecule has 0 bridgehead atoms. The molecule has 1 aliphatic rings. The molecule has 4 nitrogen and oxygen atoms in total. The number of aromatic amines is 1. The molecular formula is C18H14FN3OS. The zero-order valence-electron chi connectivity index (χ0n) is 13.1. The average Bonchev–Trinajstić information content (AvgIpc) is 3.17. The van der Waals surface area contributed by atoms with E-state index in [0.717, 1.165) is 26.4 Å². The highest BCUT2D eigenvalue weighted by Crippen LogP contribution is 2.32. The Morgan fingerprint density at radius 2 is 2.12 bits per heavy atom. The van der Waals surface area contributed by atoms with Gasteiger partial charge in [0, 0.05) is 33.3 Å². The summed E-state index contributed by atoms with van der Waals surface area (Å²) < 4.78 is 18.7. The summed E-state index contributed by atoms with van der Waals surface area (Å²) in [5.41, 5.74) is 0.435. The molecule has 6 heteroatoms. The van der Waals surface area contributed by atoms with Crippen LogP contribution in [0, 0.1) is 5.82 Å². The molecule has 0 saturated carbocycles. The van der Waals surface area contributed by atoms with Crippen LogP contribution in [0.25, 0.3) is 16.8 Å². The molecule has 0 aliphatic carbocycles. The smallest absolute Gasteiger partial charge is 0.193 e. The van der Waals surface area contributed by atoms with Crippen molar-refractivity contribution in [2.45, 2.75) is 11.8 Å². The van der Waals surface area contributed by atoms with E-state index in [4.69, 9.17) is 4.74 Å². The van der Waals surface area contributed by atoms with Gasteiger partial charge in [-0.15, -0.1) is 0 Å². The van der Waals surface area contributed by atoms with Crippen LogP contribution < -0.4 is 15.4 Å². The second-order valence-corrected chi connectivity index (χ2v) is 6.30. The monoisotopic (exact) mass is 339 g/mol. The minimum atomic E-state index is -0.355. The molecule has 2 aromatic carbocycles. The Morgan fingerprint density at radius 3 is 2.92 bits per heavy atom. The lowest BCUT2D eigenvalue weighted by Crippen LogP contribution is -2.04. The van der Waals surface area contributed by atoms with Crippen LogP contribution in [-0.4, -0.2) is 17.3 Å². The van der Waals surface area contributed by atoms with Gasteiger partial charge < -0.3 is 9.72 Å². The molecule has 1 N–H and O–H groups in total. The van der Waals surface area contributed by atoms with E-state index in [1.54, 1.807) is 6.07 Å². The molecule has 0 amide bonds. The number of nitrogens with zero attached hydrogens (tertiary/aromatic N) is 2. The topological polar surface area (TPSA) is 49.7 Å². The van der Waals surface area contributed by atoms with E-state index in [-0.39, 0.29) is 5.82 Å². The molecule has 1 aliphatic heterocycles. The summed E-state index contributed by atoms with van der Waals surface area (Å²) in [4.78, 5) is 13.4. The number of thioether (sulfide) groups is 1. The lowest BCUT2D eigenvalue weighted by molar-refractivity contribution is 0.415. The van der Waals surface area contributed by atoms with Gasteiger partial charge in [-0.1, -0.05) is 12.1 Å². The van der Waals surface area contributed by atoms with Crippen molar-refractivity contribution >= 4 is 39.5 Å². The molecule has 1 aromatic heterocycles. The summed E-state index contributed by atoms with van der Waals surface area (Å²) in [5.74, 6) is 0.164. The molecule has 120 valence electrons. The number of aromatic nitrogens is 1. The van der Waals surface area contributed by atoms with Crippen LogP contribution in [-0.2, 0) is 0 Å². The Balaban J connectivity index is 1.87. The van der Waals surface area contributed by atoms with E-state index in [1.807, 2.05) is 25.3 Å². The van der Waals surface area contributed by atoms with Crippen LogP contribution in [0.2, 0.25) is 0 Å². The fraction of sp³-hybridized carbons (Fsp3) is 0.111. The highest BCUT2D eigenvalue weighted by Gasteiger charge is 2.16. The van der Waals surface area contributed by atoms with Crippen molar-refractivity contribution in [1.29, 1.82) is 0 Å². The third-order valence-electron chi connectivity index (χ3n) is 3.90. The second kappa shape index (κ2) is 5.79. The first-order valence-electron chi connectivity index (χ1n) is 7.45. The van der Waals surface area contributed by atoms with E-state index in [9.17, 15) is 4.39 Å². The first-order chi connectivity index (χ1) is 11.7. The number of aliphatic imine (C=N–C) groups is 1. The van der Waals surface area contributed by atoms with Crippen LogP contribution in [0.15, 0.2) is 51.4 Å². The van der Waals surface area contributed by atoms with Crippen LogP contribution in [0.1, 0.15) is 6.92 Å². The van der Waals surface area contributed by atoms with E-state index in [1.165, 1.54) is 31.0 Å². The number of ether oxygens (including phenoxy) is 1. The zero-order chi connectivity index (χ0) is 16.7. The maximum absolute atomic E-state index is 13.5. The highest BCUT2D eigenvalue weighted by atomic mass is 32.2. The molecular weight excluding hydrogens is 325 g/mol. The van der Waals surface area contributed by atoms with E-state index in [2.05, 4.69) is 21.0 Å². The summed E-state index contributed by atoms with van der Waals surface area (Å²) in [6.07, 6.45) is 3.99. The Labute approximate surface area is 141 Å². The number of benzene rings is 2. The van der Waals surface area contributed by atoms with Crippen LogP contribution in [0.4, 0.5) is 10.1 Å². The van der Waals surface area contributed by atoms with Crippen LogP contribution in [0.3, 0.4) is 0 Å². The Hall–Kier alpha value is -2.60. The van der Waals surface area contributed by atoms with Crippen molar-refractivity contribution in [1.82, 2.24) is 4.98 Å². The van der Waals surface area contributed by atoms with Crippen molar-refractivity contribution in [3.8, 4) is 5.75 Å². The van der Waals surface area contributed by atoms with E-state index in [0.29, 0.717) is 16.6 Å². The normalized spacial score (nSPS) is 15.8. The van der Waals surface area contributed by atoms with Gasteiger partial charge in [-0.25, -0.2) is 14.4 Å².